The van der Waals surface area contributed by atoms with E-state index in [1.165, 1.54) is 6.26 Å². The van der Waals surface area contributed by atoms with Crippen LogP contribution in [0.1, 0.15) is 27.7 Å². The van der Waals surface area contributed by atoms with Crippen LogP contribution < -0.4 is 4.74 Å². The van der Waals surface area contributed by atoms with E-state index in [0.717, 1.165) is 30.0 Å². The number of carbonyl (C=O) groups excluding carboxylic acids is 1. The number of fused-ring (bicyclic) bond motifs is 1. The quantitative estimate of drug-likeness (QED) is 0.654. The summed E-state index contributed by atoms with van der Waals surface area (Å²) >= 11 is 0. The topological polar surface area (TPSA) is 72.9 Å². The molecule has 0 spiro atoms. The molecule has 1 aliphatic carbocycles. The standard InChI is InChI=1S/C25H31NO5S/c1-16(23-21-14-26(15-22(21)23)24(27)31-25(2,3)4)30-19-10-6-17(7-11-19)18-8-12-20(13-9-18)32(5,28)29/h6-13,16,21-23H,14-15H2,1-5H3/t16?,21-,22?,23?/m0/s1. The molecule has 2 aromatic carbocycles. The molecule has 0 N–H and O–H groups in total. The normalized spacial score (nSPS) is 23.4. The van der Waals surface area contributed by atoms with Gasteiger partial charge in [0.05, 0.1) is 11.0 Å². The molecule has 6 nitrogen and oxygen atoms in total. The zero-order valence-electron chi connectivity index (χ0n) is 19.2. The number of rotatable bonds is 5. The molecule has 0 radical (unpaired) electrons. The molecule has 4 atom stereocenters. The van der Waals surface area contributed by atoms with E-state index in [1.54, 1.807) is 12.1 Å². The van der Waals surface area contributed by atoms with Crippen molar-refractivity contribution < 1.29 is 22.7 Å². The Morgan fingerprint density at radius 2 is 1.47 bits per heavy atom. The number of hydrogen-bond donors (Lipinski definition) is 0. The van der Waals surface area contributed by atoms with Gasteiger partial charge in [0.2, 0.25) is 0 Å². The Kier molecular flexibility index (Phi) is 5.74. The van der Waals surface area contributed by atoms with Crippen LogP contribution in [0, 0.1) is 17.8 Å². The van der Waals surface area contributed by atoms with E-state index >= 15 is 0 Å². The Morgan fingerprint density at radius 1 is 0.969 bits per heavy atom. The van der Waals surface area contributed by atoms with Gasteiger partial charge in [-0.05, 0) is 74.9 Å². The van der Waals surface area contributed by atoms with E-state index in [-0.39, 0.29) is 12.2 Å². The van der Waals surface area contributed by atoms with Crippen LogP contribution in [0.15, 0.2) is 53.4 Å². The van der Waals surface area contributed by atoms with E-state index in [1.807, 2.05) is 62.1 Å². The van der Waals surface area contributed by atoms with E-state index < -0.39 is 15.4 Å². The van der Waals surface area contributed by atoms with Gasteiger partial charge in [0.25, 0.3) is 0 Å². The smallest absolute Gasteiger partial charge is 0.410 e. The first-order valence-electron chi connectivity index (χ1n) is 11.0. The summed E-state index contributed by atoms with van der Waals surface area (Å²) in [6.07, 6.45) is 1.06. The van der Waals surface area contributed by atoms with Crippen LogP contribution in [0.5, 0.6) is 5.75 Å². The van der Waals surface area contributed by atoms with Gasteiger partial charge in [0.15, 0.2) is 9.84 Å². The summed E-state index contributed by atoms with van der Waals surface area (Å²) in [6, 6.07) is 14.7. The van der Waals surface area contributed by atoms with Gasteiger partial charge in [-0.25, -0.2) is 13.2 Å². The van der Waals surface area contributed by atoms with Crippen molar-refractivity contribution in [3.05, 3.63) is 48.5 Å². The maximum atomic E-state index is 12.3. The van der Waals surface area contributed by atoms with Crippen molar-refractivity contribution in [2.45, 2.75) is 44.3 Å². The number of amides is 1. The Bertz CT molecular complexity index is 1070. The maximum absolute atomic E-state index is 12.3. The highest BCUT2D eigenvalue weighted by Crippen LogP contribution is 2.54. The summed E-state index contributed by atoms with van der Waals surface area (Å²) < 4.78 is 34.9. The zero-order valence-corrected chi connectivity index (χ0v) is 20.1. The third-order valence-electron chi connectivity index (χ3n) is 6.25. The summed E-state index contributed by atoms with van der Waals surface area (Å²) in [6.45, 7) is 9.22. The number of piperidine rings is 1. The second-order valence-corrected chi connectivity index (χ2v) is 12.0. The highest BCUT2D eigenvalue weighted by Gasteiger charge is 2.59. The van der Waals surface area contributed by atoms with Gasteiger partial charge in [-0.15, -0.1) is 0 Å². The first kappa shape index (κ1) is 22.6. The lowest BCUT2D eigenvalue weighted by Gasteiger charge is -2.26. The van der Waals surface area contributed by atoms with Crippen molar-refractivity contribution in [1.82, 2.24) is 4.90 Å². The zero-order chi connectivity index (χ0) is 23.3. The van der Waals surface area contributed by atoms with Crippen LogP contribution in [0.3, 0.4) is 0 Å². The van der Waals surface area contributed by atoms with E-state index in [2.05, 4.69) is 6.92 Å². The number of carbonyl (C=O) groups is 1. The monoisotopic (exact) mass is 457 g/mol. The molecule has 1 saturated carbocycles. The predicted molar refractivity (Wildman–Crippen MR) is 123 cm³/mol. The number of ether oxygens (including phenoxy) is 2. The van der Waals surface area contributed by atoms with Gasteiger partial charge >= 0.3 is 6.09 Å². The van der Waals surface area contributed by atoms with Crippen molar-refractivity contribution in [3.8, 4) is 16.9 Å². The Morgan fingerprint density at radius 3 is 1.94 bits per heavy atom. The lowest BCUT2D eigenvalue weighted by atomic mass is 10.1. The minimum Gasteiger partial charge on any atom is -0.490 e. The number of hydrogen-bond acceptors (Lipinski definition) is 5. The Balaban J connectivity index is 1.31. The largest absolute Gasteiger partial charge is 0.490 e. The van der Waals surface area contributed by atoms with Crippen molar-refractivity contribution >= 4 is 15.9 Å². The molecule has 1 amide bonds. The van der Waals surface area contributed by atoms with Crippen LogP contribution in [0.4, 0.5) is 4.79 Å². The molecule has 2 aromatic rings. The fourth-order valence-corrected chi connectivity index (χ4v) is 5.29. The van der Waals surface area contributed by atoms with E-state index in [4.69, 9.17) is 9.47 Å². The second-order valence-electron chi connectivity index (χ2n) is 9.93. The maximum Gasteiger partial charge on any atom is 0.410 e. The lowest BCUT2D eigenvalue weighted by Crippen LogP contribution is -2.38. The molecule has 172 valence electrons. The van der Waals surface area contributed by atoms with E-state index in [9.17, 15) is 13.2 Å². The van der Waals surface area contributed by atoms with Crippen molar-refractivity contribution in [2.24, 2.45) is 17.8 Å². The fraction of sp³-hybridized carbons (Fsp3) is 0.480. The van der Waals surface area contributed by atoms with Crippen LogP contribution in [0.2, 0.25) is 0 Å². The second kappa shape index (κ2) is 8.10. The van der Waals surface area contributed by atoms with Crippen LogP contribution in [-0.2, 0) is 14.6 Å². The highest BCUT2D eigenvalue weighted by molar-refractivity contribution is 7.90. The average Bonchev–Trinajstić information content (AvgIpc) is 3.20. The molecule has 32 heavy (non-hydrogen) atoms. The number of likely N-dealkylation sites (tertiary alicyclic amines) is 1. The molecule has 1 saturated heterocycles. The van der Waals surface area contributed by atoms with Gasteiger partial charge in [-0.1, -0.05) is 24.3 Å². The molecule has 7 heteroatoms. The van der Waals surface area contributed by atoms with Crippen LogP contribution >= 0.6 is 0 Å². The fourth-order valence-electron chi connectivity index (χ4n) is 4.66. The van der Waals surface area contributed by atoms with Gasteiger partial charge in [0, 0.05) is 25.3 Å². The molecule has 0 bridgehead atoms. The van der Waals surface area contributed by atoms with Gasteiger partial charge in [-0.3, -0.25) is 0 Å². The molecule has 2 fully saturated rings. The van der Waals surface area contributed by atoms with Crippen molar-refractivity contribution in [3.63, 3.8) is 0 Å². The summed E-state index contributed by atoms with van der Waals surface area (Å²) in [5.41, 5.74) is 1.49. The summed E-state index contributed by atoms with van der Waals surface area (Å²) in [5, 5.41) is 0. The molecule has 1 heterocycles. The minimum atomic E-state index is -3.20. The SMILES string of the molecule is CC(Oc1ccc(-c2ccc(S(C)(=O)=O)cc2)cc1)C1C2CN(C(=O)OC(C)(C)C)C[C@@H]21. The Labute approximate surface area is 190 Å². The van der Waals surface area contributed by atoms with Gasteiger partial charge in [0.1, 0.15) is 11.4 Å². The summed E-state index contributed by atoms with van der Waals surface area (Å²) in [4.78, 5) is 14.4. The van der Waals surface area contributed by atoms with Crippen LogP contribution in [-0.4, -0.2) is 50.5 Å². The van der Waals surface area contributed by atoms with E-state index in [0.29, 0.717) is 22.6 Å². The molecular formula is C25H31NO5S. The molecule has 3 unspecified atom stereocenters. The van der Waals surface area contributed by atoms with Crippen molar-refractivity contribution in [2.75, 3.05) is 19.3 Å². The number of sulfone groups is 1. The molecular weight excluding hydrogens is 426 g/mol. The number of nitrogens with zero attached hydrogens (tertiary/aromatic N) is 1. The summed E-state index contributed by atoms with van der Waals surface area (Å²) in [7, 11) is -3.20. The Hall–Kier alpha value is -2.54. The lowest BCUT2D eigenvalue weighted by molar-refractivity contribution is 0.0251. The summed E-state index contributed by atoms with van der Waals surface area (Å²) in [5.74, 6) is 2.22. The van der Waals surface area contributed by atoms with Gasteiger partial charge < -0.3 is 14.4 Å². The minimum absolute atomic E-state index is 0.0747. The van der Waals surface area contributed by atoms with Gasteiger partial charge in [-0.2, -0.15) is 0 Å². The molecule has 1 aliphatic heterocycles. The predicted octanol–water partition coefficient (Wildman–Crippen LogP) is 4.64. The molecule has 2 aliphatic rings. The van der Waals surface area contributed by atoms with Crippen molar-refractivity contribution in [1.29, 1.82) is 0 Å². The molecule has 4 rings (SSSR count). The third-order valence-corrected chi connectivity index (χ3v) is 7.37. The molecule has 0 aromatic heterocycles. The van der Waals surface area contributed by atoms with Crippen LogP contribution in [0.25, 0.3) is 11.1 Å². The highest BCUT2D eigenvalue weighted by atomic mass is 32.2. The third kappa shape index (κ3) is 4.93. The first-order valence-corrected chi connectivity index (χ1v) is 12.9. The number of benzene rings is 2. The first-order chi connectivity index (χ1) is 14.9. The average molecular weight is 458 g/mol.